The summed E-state index contributed by atoms with van der Waals surface area (Å²) in [6.45, 7) is 6.11. The van der Waals surface area contributed by atoms with E-state index in [1.807, 2.05) is 12.3 Å². The van der Waals surface area contributed by atoms with Crippen molar-refractivity contribution in [1.29, 1.82) is 0 Å². The van der Waals surface area contributed by atoms with Crippen LogP contribution in [0.15, 0.2) is 42.6 Å². The van der Waals surface area contributed by atoms with E-state index in [1.54, 1.807) is 13.2 Å². The summed E-state index contributed by atoms with van der Waals surface area (Å²) in [5.41, 5.74) is 2.28. The minimum atomic E-state index is -0.171. The first-order valence-corrected chi connectivity index (χ1v) is 13.3. The Kier molecular flexibility index (Phi) is 8.04. The third-order valence-electron chi connectivity index (χ3n) is 7.92. The third kappa shape index (κ3) is 5.56. The minimum Gasteiger partial charge on any atom is -0.382 e. The highest BCUT2D eigenvalue weighted by Gasteiger charge is 2.47. The number of benzene rings is 1. The van der Waals surface area contributed by atoms with Crippen LogP contribution >= 0.6 is 0 Å². The number of nitrogens with zero attached hydrogens (tertiary/aromatic N) is 4. The standard InChI is InChI=1S/C28H39FN4O2/c1-34-17-18-35-16-11-22-21-33(27-20-24(10-12-30-27)31-13-3-2-4-14-31)26-9-6-15-32(28(22)26)25-8-5-7-23(29)19-25/h5,7-8,10,12,19-20,22,26,28H,2-4,6,9,11,13-18,21H2,1H3/t22-,26+,28+/m0/s1. The molecule has 3 atom stereocenters. The van der Waals surface area contributed by atoms with E-state index in [-0.39, 0.29) is 5.82 Å². The second-order valence-electron chi connectivity index (χ2n) is 10.1. The lowest BCUT2D eigenvalue weighted by Gasteiger charge is -2.43. The van der Waals surface area contributed by atoms with Crippen molar-refractivity contribution in [3.8, 4) is 0 Å². The van der Waals surface area contributed by atoms with E-state index >= 15 is 0 Å². The van der Waals surface area contributed by atoms with Gasteiger partial charge in [-0.1, -0.05) is 6.07 Å². The number of aromatic nitrogens is 1. The Balaban J connectivity index is 1.39. The molecule has 1 aromatic heterocycles. The van der Waals surface area contributed by atoms with Crippen molar-refractivity contribution < 1.29 is 13.9 Å². The first-order chi connectivity index (χ1) is 17.2. The Labute approximate surface area is 209 Å². The van der Waals surface area contributed by atoms with E-state index in [0.29, 0.717) is 37.8 Å². The molecule has 3 saturated heterocycles. The number of hydrogen-bond acceptors (Lipinski definition) is 6. The molecule has 2 aromatic rings. The fourth-order valence-electron chi connectivity index (χ4n) is 6.28. The van der Waals surface area contributed by atoms with Gasteiger partial charge in [-0.3, -0.25) is 0 Å². The van der Waals surface area contributed by atoms with Crippen molar-refractivity contribution >= 4 is 17.2 Å². The van der Waals surface area contributed by atoms with E-state index in [2.05, 4.69) is 32.9 Å². The fourth-order valence-corrected chi connectivity index (χ4v) is 6.28. The average molecular weight is 483 g/mol. The third-order valence-corrected chi connectivity index (χ3v) is 7.92. The number of methoxy groups -OCH3 is 1. The van der Waals surface area contributed by atoms with Gasteiger partial charge in [0.1, 0.15) is 11.6 Å². The molecule has 0 bridgehead atoms. The van der Waals surface area contributed by atoms with Gasteiger partial charge in [0.15, 0.2) is 0 Å². The molecule has 35 heavy (non-hydrogen) atoms. The van der Waals surface area contributed by atoms with E-state index in [9.17, 15) is 4.39 Å². The van der Waals surface area contributed by atoms with Crippen LogP contribution in [0.5, 0.6) is 0 Å². The predicted molar refractivity (Wildman–Crippen MR) is 139 cm³/mol. The van der Waals surface area contributed by atoms with Gasteiger partial charge in [-0.05, 0) is 62.8 Å². The monoisotopic (exact) mass is 482 g/mol. The number of rotatable bonds is 9. The molecule has 0 amide bonds. The summed E-state index contributed by atoms with van der Waals surface area (Å²) >= 11 is 0. The lowest BCUT2D eigenvalue weighted by atomic mass is 9.88. The number of pyridine rings is 1. The molecule has 0 N–H and O–H groups in total. The number of fused-ring (bicyclic) bond motifs is 1. The topological polar surface area (TPSA) is 41.1 Å². The highest BCUT2D eigenvalue weighted by molar-refractivity contribution is 5.58. The summed E-state index contributed by atoms with van der Waals surface area (Å²) < 4.78 is 25.2. The Morgan fingerprint density at radius 2 is 1.83 bits per heavy atom. The van der Waals surface area contributed by atoms with Crippen molar-refractivity contribution in [2.75, 3.05) is 67.8 Å². The number of ether oxygens (including phenoxy) is 2. The van der Waals surface area contributed by atoms with Crippen molar-refractivity contribution in [3.63, 3.8) is 0 Å². The van der Waals surface area contributed by atoms with Gasteiger partial charge in [0.05, 0.1) is 25.3 Å². The van der Waals surface area contributed by atoms with E-state index in [1.165, 1.54) is 31.0 Å². The molecular formula is C28H39FN4O2. The van der Waals surface area contributed by atoms with Crippen LogP contribution in [0.3, 0.4) is 0 Å². The summed E-state index contributed by atoms with van der Waals surface area (Å²) in [5, 5.41) is 0. The zero-order valence-corrected chi connectivity index (χ0v) is 20.9. The number of piperidine rings is 2. The Hall–Kier alpha value is -2.38. The van der Waals surface area contributed by atoms with Gasteiger partial charge in [-0.25, -0.2) is 9.37 Å². The van der Waals surface area contributed by atoms with E-state index in [0.717, 1.165) is 56.9 Å². The van der Waals surface area contributed by atoms with Crippen molar-refractivity contribution in [1.82, 2.24) is 4.98 Å². The number of hydrogen-bond donors (Lipinski definition) is 0. The average Bonchev–Trinajstić information content (AvgIpc) is 3.28. The molecule has 6 nitrogen and oxygen atoms in total. The van der Waals surface area contributed by atoms with Crippen LogP contribution in [0.1, 0.15) is 38.5 Å². The lowest BCUT2D eigenvalue weighted by molar-refractivity contribution is 0.0633. The Morgan fingerprint density at radius 1 is 0.943 bits per heavy atom. The van der Waals surface area contributed by atoms with Crippen molar-refractivity contribution in [2.45, 2.75) is 50.6 Å². The molecule has 0 radical (unpaired) electrons. The summed E-state index contributed by atoms with van der Waals surface area (Å²) in [7, 11) is 1.70. The second kappa shape index (κ2) is 11.6. The molecule has 3 aliphatic rings. The lowest BCUT2D eigenvalue weighted by Crippen LogP contribution is -2.52. The molecule has 5 rings (SSSR count). The van der Waals surface area contributed by atoms with Crippen LogP contribution < -0.4 is 14.7 Å². The smallest absolute Gasteiger partial charge is 0.130 e. The largest absolute Gasteiger partial charge is 0.382 e. The van der Waals surface area contributed by atoms with Gasteiger partial charge >= 0.3 is 0 Å². The quantitative estimate of drug-likeness (QED) is 0.481. The maximum Gasteiger partial charge on any atom is 0.130 e. The second-order valence-corrected chi connectivity index (χ2v) is 10.1. The Bertz CT molecular complexity index is 954. The molecule has 1 aromatic carbocycles. The normalized spacial score (nSPS) is 24.6. The van der Waals surface area contributed by atoms with Crippen LogP contribution in [-0.2, 0) is 9.47 Å². The van der Waals surface area contributed by atoms with Gasteiger partial charge < -0.3 is 24.2 Å². The van der Waals surface area contributed by atoms with Crippen LogP contribution in [0.2, 0.25) is 0 Å². The minimum absolute atomic E-state index is 0.171. The molecule has 0 aliphatic carbocycles. The summed E-state index contributed by atoms with van der Waals surface area (Å²) in [6, 6.07) is 12.2. The Morgan fingerprint density at radius 3 is 2.66 bits per heavy atom. The van der Waals surface area contributed by atoms with Gasteiger partial charge in [-0.2, -0.15) is 0 Å². The first kappa shape index (κ1) is 24.3. The van der Waals surface area contributed by atoms with Crippen LogP contribution in [-0.4, -0.2) is 70.2 Å². The van der Waals surface area contributed by atoms with Gasteiger partial charge in [0.2, 0.25) is 0 Å². The summed E-state index contributed by atoms with van der Waals surface area (Å²) in [6.07, 6.45) is 9.03. The SMILES string of the molecule is COCCOCC[C@H]1CN(c2cc(N3CCCCC3)ccn2)[C@@H]2CCCN(c3cccc(F)c3)[C@H]12. The molecule has 3 fully saturated rings. The molecule has 0 unspecified atom stereocenters. The van der Waals surface area contributed by atoms with Gasteiger partial charge in [-0.15, -0.1) is 0 Å². The molecule has 0 saturated carbocycles. The molecule has 4 heterocycles. The highest BCUT2D eigenvalue weighted by atomic mass is 19.1. The molecular weight excluding hydrogens is 443 g/mol. The molecule has 7 heteroatoms. The van der Waals surface area contributed by atoms with Crippen molar-refractivity contribution in [3.05, 3.63) is 48.4 Å². The van der Waals surface area contributed by atoms with Crippen LogP contribution in [0, 0.1) is 11.7 Å². The van der Waals surface area contributed by atoms with Gasteiger partial charge in [0.25, 0.3) is 0 Å². The number of anilines is 3. The zero-order chi connectivity index (χ0) is 24.0. The maximum absolute atomic E-state index is 14.2. The number of halogens is 1. The van der Waals surface area contributed by atoms with Crippen LogP contribution in [0.4, 0.5) is 21.6 Å². The summed E-state index contributed by atoms with van der Waals surface area (Å²) in [5.74, 6) is 1.33. The van der Waals surface area contributed by atoms with Crippen LogP contribution in [0.25, 0.3) is 0 Å². The first-order valence-electron chi connectivity index (χ1n) is 13.3. The highest BCUT2D eigenvalue weighted by Crippen LogP contribution is 2.41. The molecule has 190 valence electrons. The zero-order valence-electron chi connectivity index (χ0n) is 20.9. The van der Waals surface area contributed by atoms with Gasteiger partial charge in [0, 0.05) is 69.5 Å². The predicted octanol–water partition coefficient (Wildman–Crippen LogP) is 4.74. The summed E-state index contributed by atoms with van der Waals surface area (Å²) in [4.78, 5) is 12.3. The van der Waals surface area contributed by atoms with E-state index < -0.39 is 0 Å². The van der Waals surface area contributed by atoms with Crippen molar-refractivity contribution in [2.24, 2.45) is 5.92 Å². The molecule has 3 aliphatic heterocycles. The molecule has 0 spiro atoms. The fraction of sp³-hybridized carbons (Fsp3) is 0.607. The maximum atomic E-state index is 14.2. The van der Waals surface area contributed by atoms with E-state index in [4.69, 9.17) is 14.5 Å².